The number of nitrogens with zero attached hydrogens (tertiary/aromatic N) is 3. The van der Waals surface area contributed by atoms with Gasteiger partial charge in [-0.3, -0.25) is 4.79 Å². The number of anilines is 1. The molecule has 3 aromatic rings. The fourth-order valence-corrected chi connectivity index (χ4v) is 4.96. The van der Waals surface area contributed by atoms with Crippen molar-refractivity contribution in [3.8, 4) is 11.4 Å². The molecule has 0 fully saturated rings. The number of Topliss-reactive ketones (excluding diaryl/α,β-unsaturated/α-hetero) is 1. The van der Waals surface area contributed by atoms with E-state index in [4.69, 9.17) is 51.5 Å². The van der Waals surface area contributed by atoms with Crippen molar-refractivity contribution < 1.29 is 4.79 Å². The van der Waals surface area contributed by atoms with Crippen LogP contribution in [0.25, 0.3) is 11.4 Å². The Kier molecular flexibility index (Phi) is 5.02. The van der Waals surface area contributed by atoms with Crippen molar-refractivity contribution in [2.45, 2.75) is 25.3 Å². The van der Waals surface area contributed by atoms with Gasteiger partial charge in [0.15, 0.2) is 11.6 Å². The molecule has 2 aromatic carbocycles. The number of halogens is 4. The smallest absolute Gasteiger partial charge is 0.226 e. The molecule has 5 rings (SSSR count). The molecule has 0 saturated heterocycles. The van der Waals surface area contributed by atoms with Crippen molar-refractivity contribution in [1.29, 1.82) is 0 Å². The third-order valence-corrected chi connectivity index (χ3v) is 6.41. The molecule has 0 radical (unpaired) electrons. The highest BCUT2D eigenvalue weighted by Crippen LogP contribution is 2.43. The van der Waals surface area contributed by atoms with Crippen molar-refractivity contribution in [2.24, 2.45) is 0 Å². The zero-order valence-corrected chi connectivity index (χ0v) is 18.4. The molecule has 2 heterocycles. The highest BCUT2D eigenvalue weighted by atomic mass is 35.5. The second-order valence-corrected chi connectivity index (χ2v) is 8.88. The number of rotatable bonds is 2. The Morgan fingerprint density at radius 1 is 0.967 bits per heavy atom. The lowest BCUT2D eigenvalue weighted by molar-refractivity contribution is -0.116. The Hall–Kier alpha value is -2.05. The summed E-state index contributed by atoms with van der Waals surface area (Å²) in [5.41, 5.74) is 2.91. The molecule has 0 saturated carbocycles. The molecule has 1 unspecified atom stereocenters. The quantitative estimate of drug-likeness (QED) is 0.450. The first-order valence-electron chi connectivity index (χ1n) is 9.32. The molecule has 0 bridgehead atoms. The third kappa shape index (κ3) is 3.30. The summed E-state index contributed by atoms with van der Waals surface area (Å²) in [4.78, 5) is 17.6. The Morgan fingerprint density at radius 3 is 2.43 bits per heavy atom. The molecule has 152 valence electrons. The minimum Gasteiger partial charge on any atom is -0.328 e. The summed E-state index contributed by atoms with van der Waals surface area (Å²) >= 11 is 25.0. The van der Waals surface area contributed by atoms with Gasteiger partial charge in [-0.05, 0) is 43.2 Å². The molecule has 0 amide bonds. The van der Waals surface area contributed by atoms with E-state index in [0.29, 0.717) is 49.4 Å². The van der Waals surface area contributed by atoms with Crippen LogP contribution < -0.4 is 5.32 Å². The van der Waals surface area contributed by atoms with Gasteiger partial charge in [-0.15, -0.1) is 5.10 Å². The van der Waals surface area contributed by atoms with E-state index in [-0.39, 0.29) is 5.78 Å². The van der Waals surface area contributed by atoms with Crippen LogP contribution in [0.5, 0.6) is 0 Å². The molecule has 0 spiro atoms. The maximum absolute atomic E-state index is 12.9. The summed E-state index contributed by atoms with van der Waals surface area (Å²) in [6.07, 6.45) is 2.03. The van der Waals surface area contributed by atoms with Gasteiger partial charge in [-0.25, -0.2) is 4.68 Å². The maximum Gasteiger partial charge on any atom is 0.226 e. The number of nitrogens with one attached hydrogen (secondary N) is 1. The molecule has 1 aromatic heterocycles. The summed E-state index contributed by atoms with van der Waals surface area (Å²) in [6.45, 7) is 0. The molecule has 5 nitrogen and oxygen atoms in total. The predicted octanol–water partition coefficient (Wildman–Crippen LogP) is 6.58. The van der Waals surface area contributed by atoms with Gasteiger partial charge in [0.2, 0.25) is 5.95 Å². The van der Waals surface area contributed by atoms with E-state index in [0.717, 1.165) is 24.1 Å². The van der Waals surface area contributed by atoms with Crippen LogP contribution in [-0.4, -0.2) is 20.5 Å². The fraction of sp³-hybridized carbons (Fsp3) is 0.190. The Morgan fingerprint density at radius 2 is 1.70 bits per heavy atom. The molecular weight excluding hydrogens is 466 g/mol. The lowest BCUT2D eigenvalue weighted by atomic mass is 9.85. The number of carbonyl (C=O) groups excluding carboxylic acids is 1. The second kappa shape index (κ2) is 7.57. The lowest BCUT2D eigenvalue weighted by Crippen LogP contribution is -2.31. The maximum atomic E-state index is 12.9. The first-order valence-corrected chi connectivity index (χ1v) is 10.8. The van der Waals surface area contributed by atoms with Gasteiger partial charge < -0.3 is 5.32 Å². The molecule has 1 aliphatic heterocycles. The number of aromatic nitrogens is 3. The zero-order chi connectivity index (χ0) is 21.0. The predicted molar refractivity (Wildman–Crippen MR) is 120 cm³/mol. The van der Waals surface area contributed by atoms with E-state index in [1.165, 1.54) is 0 Å². The molecular formula is C21H14Cl4N4O. The topological polar surface area (TPSA) is 59.8 Å². The van der Waals surface area contributed by atoms with E-state index in [1.54, 1.807) is 35.0 Å². The minimum atomic E-state index is -0.499. The van der Waals surface area contributed by atoms with Crippen molar-refractivity contribution in [3.63, 3.8) is 0 Å². The monoisotopic (exact) mass is 478 g/mol. The van der Waals surface area contributed by atoms with Crippen molar-refractivity contribution >= 4 is 58.1 Å². The van der Waals surface area contributed by atoms with E-state index < -0.39 is 6.04 Å². The van der Waals surface area contributed by atoms with Gasteiger partial charge in [0, 0.05) is 43.9 Å². The first-order chi connectivity index (χ1) is 14.4. The van der Waals surface area contributed by atoms with Crippen LogP contribution >= 0.6 is 46.4 Å². The highest BCUT2D eigenvalue weighted by Gasteiger charge is 2.38. The van der Waals surface area contributed by atoms with E-state index >= 15 is 0 Å². The zero-order valence-electron chi connectivity index (χ0n) is 15.4. The fourth-order valence-electron chi connectivity index (χ4n) is 3.95. The van der Waals surface area contributed by atoms with Crippen LogP contribution in [0.2, 0.25) is 20.1 Å². The Labute approximate surface area is 192 Å². The molecule has 1 N–H and O–H groups in total. The van der Waals surface area contributed by atoms with Crippen LogP contribution in [0.1, 0.15) is 30.9 Å². The van der Waals surface area contributed by atoms with E-state index in [9.17, 15) is 4.79 Å². The summed E-state index contributed by atoms with van der Waals surface area (Å²) in [5, 5.41) is 9.95. The number of benzene rings is 2. The standard InChI is InChI=1S/C21H14Cl4N4O/c22-10-4-6-12(14(24)8-10)19-18-16(2-1-3-17(18)30)26-21-27-20(28-29(19)21)13-7-5-11(23)9-15(13)25/h4-9,19H,1-3H2,(H,26,27,28). The van der Waals surface area contributed by atoms with Gasteiger partial charge in [0.05, 0.1) is 5.02 Å². The van der Waals surface area contributed by atoms with Gasteiger partial charge in [-0.2, -0.15) is 4.98 Å². The average molecular weight is 480 g/mol. The summed E-state index contributed by atoms with van der Waals surface area (Å²) in [7, 11) is 0. The number of hydrogen-bond acceptors (Lipinski definition) is 4. The number of carbonyl (C=O) groups is 1. The van der Waals surface area contributed by atoms with Crippen LogP contribution in [0, 0.1) is 0 Å². The van der Waals surface area contributed by atoms with Crippen molar-refractivity contribution in [2.75, 3.05) is 5.32 Å². The molecule has 9 heteroatoms. The number of fused-ring (bicyclic) bond motifs is 1. The second-order valence-electron chi connectivity index (χ2n) is 7.19. The van der Waals surface area contributed by atoms with Gasteiger partial charge in [-0.1, -0.05) is 52.5 Å². The van der Waals surface area contributed by atoms with Gasteiger partial charge >= 0.3 is 0 Å². The largest absolute Gasteiger partial charge is 0.328 e. The van der Waals surface area contributed by atoms with E-state index in [2.05, 4.69) is 10.3 Å². The van der Waals surface area contributed by atoms with Gasteiger partial charge in [0.25, 0.3) is 0 Å². The highest BCUT2D eigenvalue weighted by molar-refractivity contribution is 6.36. The molecule has 2 aliphatic rings. The van der Waals surface area contributed by atoms with Crippen LogP contribution in [0.4, 0.5) is 5.95 Å². The van der Waals surface area contributed by atoms with Crippen LogP contribution in [-0.2, 0) is 4.79 Å². The van der Waals surface area contributed by atoms with Crippen LogP contribution in [0.3, 0.4) is 0 Å². The normalized spacial score (nSPS) is 18.1. The van der Waals surface area contributed by atoms with E-state index in [1.807, 2.05) is 6.07 Å². The van der Waals surface area contributed by atoms with Gasteiger partial charge in [0.1, 0.15) is 6.04 Å². The summed E-state index contributed by atoms with van der Waals surface area (Å²) in [5.74, 6) is 1.04. The molecule has 1 atom stereocenters. The number of ketones is 1. The Balaban J connectivity index is 1.71. The minimum absolute atomic E-state index is 0.0759. The summed E-state index contributed by atoms with van der Waals surface area (Å²) < 4.78 is 1.69. The Bertz CT molecular complexity index is 1230. The molecule has 30 heavy (non-hydrogen) atoms. The average Bonchev–Trinajstić information content (AvgIpc) is 3.10. The van der Waals surface area contributed by atoms with Crippen LogP contribution in [0.15, 0.2) is 47.7 Å². The van der Waals surface area contributed by atoms with Crippen molar-refractivity contribution in [1.82, 2.24) is 14.8 Å². The lowest BCUT2D eigenvalue weighted by Gasteiger charge is -2.32. The van der Waals surface area contributed by atoms with Crippen molar-refractivity contribution in [3.05, 3.63) is 73.3 Å². The third-order valence-electron chi connectivity index (χ3n) is 5.30. The molecule has 1 aliphatic carbocycles. The first kappa shape index (κ1) is 19.9. The number of hydrogen-bond donors (Lipinski definition) is 1. The summed E-state index contributed by atoms with van der Waals surface area (Å²) in [6, 6.07) is 9.90. The SMILES string of the molecule is O=C1CCCC2=C1C(c1ccc(Cl)cc1Cl)n1nc(-c3ccc(Cl)cc3Cl)nc1N2. The number of allylic oxidation sites excluding steroid dienone is 2.